The van der Waals surface area contributed by atoms with Crippen LogP contribution in [0.3, 0.4) is 0 Å². The van der Waals surface area contributed by atoms with Crippen LogP contribution in [0.5, 0.6) is 5.75 Å². The Morgan fingerprint density at radius 2 is 1.69 bits per heavy atom. The van der Waals surface area contributed by atoms with Gasteiger partial charge in [-0.15, -0.1) is 0 Å². The predicted molar refractivity (Wildman–Crippen MR) is 119 cm³/mol. The van der Waals surface area contributed by atoms with E-state index in [0.717, 1.165) is 46.7 Å². The minimum Gasteiger partial charge on any atom is -0.495 e. The second-order valence-electron chi connectivity index (χ2n) is 6.90. The van der Waals surface area contributed by atoms with E-state index >= 15 is 0 Å². The monoisotopic (exact) mass is 384 g/mol. The lowest BCUT2D eigenvalue weighted by molar-refractivity contribution is 0.416. The molecule has 0 aliphatic heterocycles. The van der Waals surface area contributed by atoms with E-state index in [1.54, 1.807) is 7.11 Å². The summed E-state index contributed by atoms with van der Waals surface area (Å²) in [5.74, 6) is 2.11. The summed E-state index contributed by atoms with van der Waals surface area (Å²) in [7, 11) is 1.66. The number of rotatable bonds is 7. The fourth-order valence-corrected chi connectivity index (χ4v) is 3.28. The van der Waals surface area contributed by atoms with E-state index in [1.165, 1.54) is 5.56 Å². The molecule has 5 heteroatoms. The van der Waals surface area contributed by atoms with Gasteiger partial charge in [0.2, 0.25) is 5.95 Å². The van der Waals surface area contributed by atoms with E-state index in [1.807, 2.05) is 55.5 Å². The summed E-state index contributed by atoms with van der Waals surface area (Å²) in [4.78, 5) is 9.43. The molecule has 0 bridgehead atoms. The van der Waals surface area contributed by atoms with Gasteiger partial charge >= 0.3 is 0 Å². The maximum absolute atomic E-state index is 5.47. The topological polar surface area (TPSA) is 59.1 Å². The Kier molecular flexibility index (Phi) is 5.56. The van der Waals surface area contributed by atoms with Gasteiger partial charge in [-0.25, -0.2) is 4.98 Å². The molecule has 5 nitrogen and oxygen atoms in total. The van der Waals surface area contributed by atoms with Gasteiger partial charge in [0, 0.05) is 11.9 Å². The fraction of sp³-hybridized carbons (Fsp3) is 0.167. The first kappa shape index (κ1) is 18.7. The third-order valence-electron chi connectivity index (χ3n) is 4.75. The molecule has 0 saturated heterocycles. The summed E-state index contributed by atoms with van der Waals surface area (Å²) >= 11 is 0. The smallest absolute Gasteiger partial charge is 0.229 e. The zero-order valence-corrected chi connectivity index (χ0v) is 16.6. The second kappa shape index (κ2) is 8.61. The van der Waals surface area contributed by atoms with Crippen molar-refractivity contribution in [3.63, 3.8) is 0 Å². The molecule has 0 fully saturated rings. The average Bonchev–Trinajstić information content (AvgIpc) is 2.75. The lowest BCUT2D eigenvalue weighted by Gasteiger charge is -2.14. The highest BCUT2D eigenvalue weighted by molar-refractivity contribution is 5.90. The second-order valence-corrected chi connectivity index (χ2v) is 6.90. The number of benzene rings is 3. The molecule has 29 heavy (non-hydrogen) atoms. The number of hydrogen-bond acceptors (Lipinski definition) is 5. The van der Waals surface area contributed by atoms with E-state index in [9.17, 15) is 0 Å². The van der Waals surface area contributed by atoms with E-state index in [4.69, 9.17) is 9.72 Å². The number of anilines is 3. The molecule has 0 aliphatic rings. The van der Waals surface area contributed by atoms with Crippen molar-refractivity contribution >= 4 is 28.4 Å². The van der Waals surface area contributed by atoms with Crippen LogP contribution in [-0.4, -0.2) is 23.6 Å². The summed E-state index contributed by atoms with van der Waals surface area (Å²) in [5, 5.41) is 7.80. The van der Waals surface area contributed by atoms with E-state index in [0.29, 0.717) is 5.95 Å². The molecule has 2 N–H and O–H groups in total. The van der Waals surface area contributed by atoms with Gasteiger partial charge < -0.3 is 15.4 Å². The van der Waals surface area contributed by atoms with Gasteiger partial charge in [-0.05, 0) is 48.7 Å². The van der Waals surface area contributed by atoms with E-state index in [2.05, 4.69) is 39.9 Å². The van der Waals surface area contributed by atoms with Crippen LogP contribution in [0.15, 0.2) is 72.8 Å². The van der Waals surface area contributed by atoms with Crippen LogP contribution >= 0.6 is 0 Å². The van der Waals surface area contributed by atoms with Gasteiger partial charge in [0.25, 0.3) is 0 Å². The van der Waals surface area contributed by atoms with Crippen LogP contribution in [0.4, 0.5) is 17.5 Å². The maximum atomic E-state index is 5.47. The molecule has 0 radical (unpaired) electrons. The third kappa shape index (κ3) is 4.46. The number of aromatic nitrogens is 2. The van der Waals surface area contributed by atoms with E-state index < -0.39 is 0 Å². The summed E-state index contributed by atoms with van der Waals surface area (Å²) in [6, 6.07) is 24.4. The SMILES string of the molecule is COc1ccc(C)cc1Nc1nc(NCCc2ccccc2)c2ccccc2n1. The average molecular weight is 384 g/mol. The normalized spacial score (nSPS) is 10.7. The van der Waals surface area contributed by atoms with Crippen LogP contribution in [0.1, 0.15) is 11.1 Å². The summed E-state index contributed by atoms with van der Waals surface area (Å²) in [5.41, 5.74) is 4.16. The number of nitrogens with zero attached hydrogens (tertiary/aromatic N) is 2. The highest BCUT2D eigenvalue weighted by Gasteiger charge is 2.10. The molecule has 4 rings (SSSR count). The van der Waals surface area contributed by atoms with Gasteiger partial charge in [0.05, 0.1) is 18.3 Å². The summed E-state index contributed by atoms with van der Waals surface area (Å²) in [6.45, 7) is 2.83. The molecule has 1 heterocycles. The zero-order chi connectivity index (χ0) is 20.1. The Hall–Kier alpha value is -3.60. The highest BCUT2D eigenvalue weighted by atomic mass is 16.5. The van der Waals surface area contributed by atoms with Crippen molar-refractivity contribution in [2.75, 3.05) is 24.3 Å². The minimum atomic E-state index is 0.537. The molecule has 0 spiro atoms. The fourth-order valence-electron chi connectivity index (χ4n) is 3.28. The van der Waals surface area contributed by atoms with Crippen LogP contribution < -0.4 is 15.4 Å². The standard InChI is InChI=1S/C24H24N4O/c1-17-12-13-22(29-2)21(16-17)27-24-26-20-11-7-6-10-19(20)23(28-24)25-15-14-18-8-4-3-5-9-18/h3-13,16H,14-15H2,1-2H3,(H2,25,26,27,28). The number of para-hydroxylation sites is 1. The van der Waals surface area contributed by atoms with Crippen molar-refractivity contribution in [2.45, 2.75) is 13.3 Å². The largest absolute Gasteiger partial charge is 0.495 e. The third-order valence-corrected chi connectivity index (χ3v) is 4.75. The van der Waals surface area contributed by atoms with Gasteiger partial charge in [-0.3, -0.25) is 0 Å². The number of nitrogens with one attached hydrogen (secondary N) is 2. The molecular weight excluding hydrogens is 360 g/mol. The molecule has 0 amide bonds. The quantitative estimate of drug-likeness (QED) is 0.450. The molecular formula is C24H24N4O. The Morgan fingerprint density at radius 1 is 0.897 bits per heavy atom. The van der Waals surface area contributed by atoms with Crippen molar-refractivity contribution in [1.29, 1.82) is 0 Å². The predicted octanol–water partition coefficient (Wildman–Crippen LogP) is 5.35. The van der Waals surface area contributed by atoms with Gasteiger partial charge in [-0.1, -0.05) is 48.5 Å². The molecule has 3 aromatic carbocycles. The lowest BCUT2D eigenvalue weighted by Crippen LogP contribution is -2.09. The van der Waals surface area contributed by atoms with Crippen LogP contribution in [0.25, 0.3) is 10.9 Å². The van der Waals surface area contributed by atoms with Crippen LogP contribution in [0.2, 0.25) is 0 Å². The van der Waals surface area contributed by atoms with Crippen molar-refractivity contribution < 1.29 is 4.74 Å². The molecule has 0 atom stereocenters. The van der Waals surface area contributed by atoms with Crippen molar-refractivity contribution in [1.82, 2.24) is 9.97 Å². The number of methoxy groups -OCH3 is 1. The lowest BCUT2D eigenvalue weighted by atomic mass is 10.1. The van der Waals surface area contributed by atoms with Crippen molar-refractivity contribution in [2.24, 2.45) is 0 Å². The van der Waals surface area contributed by atoms with E-state index in [-0.39, 0.29) is 0 Å². The molecule has 0 saturated carbocycles. The molecule has 146 valence electrons. The molecule has 0 aliphatic carbocycles. The van der Waals surface area contributed by atoms with Crippen LogP contribution in [0, 0.1) is 6.92 Å². The molecule has 4 aromatic rings. The first-order valence-corrected chi connectivity index (χ1v) is 9.69. The maximum Gasteiger partial charge on any atom is 0.229 e. The Bertz CT molecular complexity index is 1110. The molecule has 1 aromatic heterocycles. The first-order valence-electron chi connectivity index (χ1n) is 9.69. The highest BCUT2D eigenvalue weighted by Crippen LogP contribution is 2.29. The van der Waals surface area contributed by atoms with Crippen LogP contribution in [-0.2, 0) is 6.42 Å². The molecule has 0 unspecified atom stereocenters. The number of hydrogen-bond donors (Lipinski definition) is 2. The van der Waals surface area contributed by atoms with Gasteiger partial charge in [0.15, 0.2) is 0 Å². The Labute approximate surface area is 170 Å². The number of ether oxygens (including phenoxy) is 1. The minimum absolute atomic E-state index is 0.537. The summed E-state index contributed by atoms with van der Waals surface area (Å²) in [6.07, 6.45) is 0.924. The Morgan fingerprint density at radius 3 is 2.52 bits per heavy atom. The zero-order valence-electron chi connectivity index (χ0n) is 16.6. The number of fused-ring (bicyclic) bond motifs is 1. The first-order chi connectivity index (χ1) is 14.2. The van der Waals surface area contributed by atoms with Gasteiger partial charge in [-0.2, -0.15) is 4.98 Å². The van der Waals surface area contributed by atoms with Crippen molar-refractivity contribution in [3.8, 4) is 5.75 Å². The summed E-state index contributed by atoms with van der Waals surface area (Å²) < 4.78 is 5.47. The number of aryl methyl sites for hydroxylation is 1. The Balaban J connectivity index is 1.61. The van der Waals surface area contributed by atoms with Gasteiger partial charge in [0.1, 0.15) is 11.6 Å². The van der Waals surface area contributed by atoms with Crippen molar-refractivity contribution in [3.05, 3.63) is 83.9 Å².